The summed E-state index contributed by atoms with van der Waals surface area (Å²) in [5.41, 5.74) is 0. The van der Waals surface area contributed by atoms with Crippen molar-refractivity contribution in [3.63, 3.8) is 0 Å². The molecular formula is C10H16N2O4. The number of nitrogens with one attached hydrogen (secondary N) is 2. The third-order valence-corrected chi connectivity index (χ3v) is 2.54. The van der Waals surface area contributed by atoms with Gasteiger partial charge in [-0.15, -0.1) is 0 Å². The molecular weight excluding hydrogens is 212 g/mol. The van der Waals surface area contributed by atoms with Crippen LogP contribution in [0.15, 0.2) is 0 Å². The fourth-order valence-corrected chi connectivity index (χ4v) is 1.63. The molecule has 0 radical (unpaired) electrons. The Bertz CT molecular complexity index is 303. The highest BCUT2D eigenvalue weighted by Gasteiger charge is 2.30. The molecule has 0 aromatic heterocycles. The van der Waals surface area contributed by atoms with Crippen LogP contribution in [0.3, 0.4) is 0 Å². The number of carbonyl (C=O) groups excluding carboxylic acids is 2. The Morgan fingerprint density at radius 1 is 1.62 bits per heavy atom. The van der Waals surface area contributed by atoms with Crippen LogP contribution in [0.2, 0.25) is 0 Å². The van der Waals surface area contributed by atoms with Gasteiger partial charge in [0.2, 0.25) is 11.8 Å². The number of amides is 2. The highest BCUT2D eigenvalue weighted by molar-refractivity contribution is 5.91. The smallest absolute Gasteiger partial charge is 0.326 e. The van der Waals surface area contributed by atoms with Crippen molar-refractivity contribution in [1.82, 2.24) is 10.6 Å². The molecule has 1 aliphatic heterocycles. The second-order valence-electron chi connectivity index (χ2n) is 3.89. The second-order valence-corrected chi connectivity index (χ2v) is 3.89. The van der Waals surface area contributed by atoms with Gasteiger partial charge in [0, 0.05) is 13.0 Å². The van der Waals surface area contributed by atoms with Crippen LogP contribution < -0.4 is 10.6 Å². The number of hydrogen-bond acceptors (Lipinski definition) is 3. The van der Waals surface area contributed by atoms with Crippen molar-refractivity contribution in [2.75, 3.05) is 6.54 Å². The summed E-state index contributed by atoms with van der Waals surface area (Å²) >= 11 is 0. The van der Waals surface area contributed by atoms with E-state index in [4.69, 9.17) is 5.11 Å². The van der Waals surface area contributed by atoms with Crippen LogP contribution in [0.1, 0.15) is 26.2 Å². The lowest BCUT2D eigenvalue weighted by Gasteiger charge is -2.15. The van der Waals surface area contributed by atoms with Crippen molar-refractivity contribution in [1.29, 1.82) is 0 Å². The maximum Gasteiger partial charge on any atom is 0.326 e. The minimum atomic E-state index is -1.03. The van der Waals surface area contributed by atoms with Gasteiger partial charge in [0.15, 0.2) is 0 Å². The van der Waals surface area contributed by atoms with Crippen molar-refractivity contribution in [3.8, 4) is 0 Å². The zero-order valence-corrected chi connectivity index (χ0v) is 9.16. The van der Waals surface area contributed by atoms with E-state index >= 15 is 0 Å². The van der Waals surface area contributed by atoms with Crippen LogP contribution in [0, 0.1) is 5.92 Å². The Balaban J connectivity index is 2.48. The average molecular weight is 228 g/mol. The Morgan fingerprint density at radius 3 is 2.75 bits per heavy atom. The number of carboxylic acid groups (broad SMARTS) is 1. The van der Waals surface area contributed by atoms with Gasteiger partial charge in [-0.25, -0.2) is 4.79 Å². The molecule has 16 heavy (non-hydrogen) atoms. The first-order valence-corrected chi connectivity index (χ1v) is 5.34. The van der Waals surface area contributed by atoms with Gasteiger partial charge < -0.3 is 15.7 Å². The van der Waals surface area contributed by atoms with Gasteiger partial charge in [-0.3, -0.25) is 9.59 Å². The van der Waals surface area contributed by atoms with E-state index in [0.717, 1.165) is 0 Å². The maximum absolute atomic E-state index is 11.6. The molecule has 0 saturated carbocycles. The molecule has 1 heterocycles. The Morgan fingerprint density at radius 2 is 2.31 bits per heavy atom. The van der Waals surface area contributed by atoms with Crippen LogP contribution in [0.25, 0.3) is 0 Å². The summed E-state index contributed by atoms with van der Waals surface area (Å²) in [5, 5.41) is 13.8. The summed E-state index contributed by atoms with van der Waals surface area (Å²) in [4.78, 5) is 33.3. The summed E-state index contributed by atoms with van der Waals surface area (Å²) in [6, 6.07) is -0.854. The highest BCUT2D eigenvalue weighted by atomic mass is 16.4. The van der Waals surface area contributed by atoms with E-state index in [2.05, 4.69) is 10.6 Å². The highest BCUT2D eigenvalue weighted by Crippen LogP contribution is 2.09. The molecule has 6 nitrogen and oxygen atoms in total. The fourth-order valence-electron chi connectivity index (χ4n) is 1.63. The third-order valence-electron chi connectivity index (χ3n) is 2.54. The molecule has 2 atom stereocenters. The van der Waals surface area contributed by atoms with Crippen LogP contribution in [-0.2, 0) is 14.4 Å². The van der Waals surface area contributed by atoms with Crippen molar-refractivity contribution in [3.05, 3.63) is 0 Å². The predicted octanol–water partition coefficient (Wildman–Crippen LogP) is -0.508. The van der Waals surface area contributed by atoms with Crippen molar-refractivity contribution < 1.29 is 19.5 Å². The zero-order chi connectivity index (χ0) is 12.1. The van der Waals surface area contributed by atoms with Gasteiger partial charge in [0.25, 0.3) is 0 Å². The minimum absolute atomic E-state index is 0.143. The Hall–Kier alpha value is -1.59. The second kappa shape index (κ2) is 5.48. The van der Waals surface area contributed by atoms with Gasteiger partial charge in [0.1, 0.15) is 6.04 Å². The van der Waals surface area contributed by atoms with E-state index in [9.17, 15) is 14.4 Å². The number of aliphatic carboxylic acids is 1. The van der Waals surface area contributed by atoms with Crippen molar-refractivity contribution >= 4 is 17.8 Å². The first-order valence-electron chi connectivity index (χ1n) is 5.34. The summed E-state index contributed by atoms with van der Waals surface area (Å²) in [7, 11) is 0. The summed E-state index contributed by atoms with van der Waals surface area (Å²) < 4.78 is 0. The fraction of sp³-hybridized carbons (Fsp3) is 0.700. The van der Waals surface area contributed by atoms with Gasteiger partial charge in [-0.1, -0.05) is 13.3 Å². The van der Waals surface area contributed by atoms with E-state index in [-0.39, 0.29) is 18.2 Å². The molecule has 1 fully saturated rings. The molecule has 6 heteroatoms. The third kappa shape index (κ3) is 3.22. The van der Waals surface area contributed by atoms with Crippen LogP contribution in [0.4, 0.5) is 0 Å². The molecule has 0 bridgehead atoms. The van der Waals surface area contributed by atoms with Gasteiger partial charge in [0.05, 0.1) is 5.92 Å². The normalized spacial score (nSPS) is 21.3. The first-order chi connectivity index (χ1) is 7.54. The summed E-state index contributed by atoms with van der Waals surface area (Å²) in [5.74, 6) is -2.00. The van der Waals surface area contributed by atoms with E-state index in [1.807, 2.05) is 6.92 Å². The number of carbonyl (C=O) groups is 3. The molecule has 3 N–H and O–H groups in total. The topological polar surface area (TPSA) is 95.5 Å². The first kappa shape index (κ1) is 12.5. The van der Waals surface area contributed by atoms with Crippen LogP contribution >= 0.6 is 0 Å². The largest absolute Gasteiger partial charge is 0.480 e. The molecule has 0 aromatic rings. The summed E-state index contributed by atoms with van der Waals surface area (Å²) in [6.45, 7) is 2.14. The van der Waals surface area contributed by atoms with Crippen molar-refractivity contribution in [2.24, 2.45) is 5.92 Å². The molecule has 0 aromatic carbocycles. The Labute approximate surface area is 93.4 Å². The van der Waals surface area contributed by atoms with Gasteiger partial charge >= 0.3 is 5.97 Å². The molecule has 1 saturated heterocycles. The minimum Gasteiger partial charge on any atom is -0.480 e. The lowest BCUT2D eigenvalue weighted by molar-refractivity contribution is -0.142. The molecule has 0 spiro atoms. The Kier molecular flexibility index (Phi) is 4.28. The quantitative estimate of drug-likeness (QED) is 0.590. The van der Waals surface area contributed by atoms with Crippen LogP contribution in [0.5, 0.6) is 0 Å². The predicted molar refractivity (Wildman–Crippen MR) is 55.6 cm³/mol. The standard InChI is InChI=1S/C10H16N2O4/c1-2-3-7(10(15)16)12-9(14)6-4-8(13)11-5-6/h6-7H,2-5H2,1H3,(H,11,13)(H,12,14)(H,15,16)/t6?,7-/m1/s1. The van der Waals surface area contributed by atoms with Gasteiger partial charge in [-0.05, 0) is 6.42 Å². The van der Waals surface area contributed by atoms with Crippen LogP contribution in [-0.4, -0.2) is 35.5 Å². The molecule has 0 aliphatic carbocycles. The van der Waals surface area contributed by atoms with E-state index < -0.39 is 17.9 Å². The molecule has 1 aliphatic rings. The van der Waals surface area contributed by atoms with E-state index in [1.165, 1.54) is 0 Å². The van der Waals surface area contributed by atoms with Gasteiger partial charge in [-0.2, -0.15) is 0 Å². The molecule has 1 unspecified atom stereocenters. The average Bonchev–Trinajstić information content (AvgIpc) is 2.64. The number of carboxylic acids is 1. The van der Waals surface area contributed by atoms with E-state index in [1.54, 1.807) is 0 Å². The summed E-state index contributed by atoms with van der Waals surface area (Å²) in [6.07, 6.45) is 1.22. The zero-order valence-electron chi connectivity index (χ0n) is 9.16. The lowest BCUT2D eigenvalue weighted by atomic mass is 10.1. The molecule has 90 valence electrons. The maximum atomic E-state index is 11.6. The monoisotopic (exact) mass is 228 g/mol. The van der Waals surface area contributed by atoms with E-state index in [0.29, 0.717) is 19.4 Å². The number of hydrogen-bond donors (Lipinski definition) is 3. The lowest BCUT2D eigenvalue weighted by Crippen LogP contribution is -2.44. The SMILES string of the molecule is CCC[C@@H](NC(=O)C1CNC(=O)C1)C(=O)O. The number of rotatable bonds is 5. The van der Waals surface area contributed by atoms with Crippen molar-refractivity contribution in [2.45, 2.75) is 32.2 Å². The molecule has 1 rings (SSSR count). The molecule has 2 amide bonds.